The first-order valence-corrected chi connectivity index (χ1v) is 36.2. The number of imidazole rings is 2. The molecule has 2 aliphatic rings. The predicted molar refractivity (Wildman–Crippen MR) is 398 cm³/mol. The molecule has 38 heteroatoms. The van der Waals surface area contributed by atoms with Gasteiger partial charge in [0, 0.05) is 86.3 Å². The third-order valence-corrected chi connectivity index (χ3v) is 18.6. The van der Waals surface area contributed by atoms with Crippen LogP contribution in [0.25, 0.3) is 10.9 Å². The molecule has 0 saturated carbocycles. The number of aromatic amines is 3. The van der Waals surface area contributed by atoms with Crippen molar-refractivity contribution in [3.63, 3.8) is 0 Å². The predicted octanol–water partition coefficient (Wildman–Crippen LogP) is -3.83. The zero-order chi connectivity index (χ0) is 79.6. The van der Waals surface area contributed by atoms with Crippen LogP contribution in [0.5, 0.6) is 5.75 Å². The zero-order valence-corrected chi connectivity index (χ0v) is 61.6. The van der Waals surface area contributed by atoms with E-state index < -0.39 is 156 Å². The third-order valence-electron chi connectivity index (χ3n) is 18.6. The number of aliphatic carboxylic acids is 1. The van der Waals surface area contributed by atoms with Gasteiger partial charge in [-0.25, -0.2) is 14.8 Å². The number of carboxylic acids is 1. The fourth-order valence-electron chi connectivity index (χ4n) is 12.9. The number of aromatic nitrogens is 5. The van der Waals surface area contributed by atoms with Crippen molar-refractivity contribution in [3.05, 3.63) is 102 Å². The van der Waals surface area contributed by atoms with Gasteiger partial charge in [-0.2, -0.15) is 0 Å². The monoisotopic (exact) mass is 1520 g/mol. The Bertz CT molecular complexity index is 3990. The van der Waals surface area contributed by atoms with Crippen molar-refractivity contribution in [2.75, 3.05) is 32.8 Å². The van der Waals surface area contributed by atoms with Crippen LogP contribution in [0.2, 0.25) is 0 Å². The van der Waals surface area contributed by atoms with Gasteiger partial charge in [0.2, 0.25) is 65.0 Å². The molecule has 2 aromatic carbocycles. The van der Waals surface area contributed by atoms with Crippen LogP contribution >= 0.6 is 0 Å². The number of nitrogens with zero attached hydrogens (tertiary/aromatic N) is 6. The molecule has 0 spiro atoms. The molecule has 109 heavy (non-hydrogen) atoms. The molecule has 0 radical (unpaired) electrons. The summed E-state index contributed by atoms with van der Waals surface area (Å²) in [6.07, 6.45) is 7.68. The molecule has 12 atom stereocenters. The van der Waals surface area contributed by atoms with Gasteiger partial charge in [-0.15, -0.1) is 0 Å². The number of phenolic OH excluding ortho intramolecular Hbond substituents is 1. The van der Waals surface area contributed by atoms with Gasteiger partial charge in [0.1, 0.15) is 72.2 Å². The summed E-state index contributed by atoms with van der Waals surface area (Å²) < 4.78 is 0. The van der Waals surface area contributed by atoms with E-state index in [4.69, 9.17) is 28.7 Å². The number of carbonyl (C=O) groups excluding carboxylic acids is 11. The summed E-state index contributed by atoms with van der Waals surface area (Å²) in [6, 6.07) is -2.90. The van der Waals surface area contributed by atoms with Crippen molar-refractivity contribution in [1.29, 1.82) is 0 Å². The number of fused-ring (bicyclic) bond motifs is 1. The molecular weight excluding hydrogens is 1410 g/mol. The molecule has 3 aromatic heterocycles. The number of carboxylic acid groups (broad SMARTS) is 1. The van der Waals surface area contributed by atoms with Crippen LogP contribution in [0.4, 0.5) is 0 Å². The average molecular weight is 1520 g/mol. The molecule has 0 unspecified atom stereocenters. The number of aliphatic hydroxyl groups excluding tert-OH is 1. The maximum Gasteiger partial charge on any atom is 0.326 e. The second kappa shape index (κ2) is 40.9. The lowest BCUT2D eigenvalue weighted by molar-refractivity contribution is -0.143. The number of carbonyl (C=O) groups is 12. The third kappa shape index (κ3) is 25.2. The number of rotatable bonds is 41. The topological polar surface area (TPSA) is 608 Å². The molecule has 0 bridgehead atoms. The maximum atomic E-state index is 14.9. The maximum absolute atomic E-state index is 14.9. The highest BCUT2D eigenvalue weighted by molar-refractivity contribution is 6.00. The molecule has 2 fully saturated rings. The van der Waals surface area contributed by atoms with Gasteiger partial charge >= 0.3 is 5.97 Å². The first-order chi connectivity index (χ1) is 51.9. The zero-order valence-electron chi connectivity index (χ0n) is 61.6. The Labute approximate surface area is 628 Å². The highest BCUT2D eigenvalue weighted by Gasteiger charge is 2.42. The standard InChI is InChI=1S/C71H103N23O15/c1-37(2)26-53(69(108)109)90-66(105)57(38(3)4)92-59(98)49(15-9-23-80-71(75)76)86-64(103)55-16-10-24-93(55)67(106)39(5)84-60(99)51(29-42-32-77-35-82-42)87-58(97)48(14-8-22-79-70(73)74)85-63(102)54(34-95)91-62(101)52(30-43-33-78-36-83-43)88-61(100)50(28-41-31-81-47-13-7-6-12-45(41)47)89-65(104)56-17-11-25-94(56)68(107)46(72)27-40-18-20-44(96)21-19-40/h6-7,12-13,18-21,31-33,35-39,46,48-57,81,95-96H,8-11,14-17,22-30,34,72H2,1-5H3,(H,77,82)(H,78,83)(H,84,99)(H,85,102)(H,86,103)(H,87,97)(H,88,100)(H,89,104)(H,90,105)(H,91,101)(H,92,98)(H,108,109)(H4,73,74,79)(H4,75,76,80)/t39-,46-,48-,49-,50-,51-,52-,53-,54-,55-,56-,57-/m0/s1. The van der Waals surface area contributed by atoms with E-state index in [0.717, 1.165) is 10.9 Å². The SMILES string of the molecule is CC(C)C[C@H](NC(=O)[C@@H](NC(=O)[C@H](CCCN=C(N)N)NC(=O)[C@@H]1CCCN1C(=O)[C@H](C)NC(=O)[C@H](Cc1cnc[nH]1)NC(=O)[C@H](CCCN=C(N)N)NC(=O)[C@H](CO)NC(=O)[C@H](Cc1cnc[nH]1)NC(=O)[C@H](Cc1c[nH]c2ccccc12)NC(=O)[C@@H]1CCCN1C(=O)[C@@H](N)Cc1ccc(O)cc1)C(C)C)C(=O)O. The summed E-state index contributed by atoms with van der Waals surface area (Å²) in [6.45, 7) is 7.39. The van der Waals surface area contributed by atoms with E-state index >= 15 is 0 Å². The van der Waals surface area contributed by atoms with Crippen molar-refractivity contribution >= 4 is 93.8 Å². The number of aliphatic imine (C=N–C) groups is 2. The molecule has 7 rings (SSSR count). The summed E-state index contributed by atoms with van der Waals surface area (Å²) in [5.41, 5.74) is 31.4. The summed E-state index contributed by atoms with van der Waals surface area (Å²) >= 11 is 0. The van der Waals surface area contributed by atoms with Gasteiger partial charge in [0.15, 0.2) is 11.9 Å². The number of benzene rings is 2. The number of hydrogen-bond donors (Lipinski definition) is 20. The quantitative estimate of drug-likeness (QED) is 0.0101. The summed E-state index contributed by atoms with van der Waals surface area (Å²) in [5.74, 6) is -11.5. The number of nitrogens with one attached hydrogen (secondary N) is 12. The second-order valence-corrected chi connectivity index (χ2v) is 27.9. The van der Waals surface area contributed by atoms with Crippen molar-refractivity contribution in [1.82, 2.24) is 82.6 Å². The number of aromatic hydroxyl groups is 1. The Kier molecular flexibility index (Phi) is 31.7. The van der Waals surface area contributed by atoms with E-state index in [9.17, 15) is 72.9 Å². The molecular formula is C71H103N23O15. The Morgan fingerprint density at radius 1 is 0.550 bits per heavy atom. The van der Waals surface area contributed by atoms with Gasteiger partial charge in [-0.3, -0.25) is 62.7 Å². The number of H-pyrrole nitrogens is 3. The summed E-state index contributed by atoms with van der Waals surface area (Å²) in [4.78, 5) is 198. The van der Waals surface area contributed by atoms with Crippen LogP contribution in [0.3, 0.4) is 0 Å². The first-order valence-electron chi connectivity index (χ1n) is 36.2. The number of nitrogens with two attached hydrogens (primary N) is 5. The summed E-state index contributed by atoms with van der Waals surface area (Å²) in [5, 5.41) is 54.9. The molecule has 38 nitrogen and oxygen atoms in total. The first kappa shape index (κ1) is 84.6. The van der Waals surface area contributed by atoms with E-state index in [-0.39, 0.29) is 120 Å². The van der Waals surface area contributed by atoms with E-state index in [0.29, 0.717) is 35.4 Å². The molecule has 2 saturated heterocycles. The summed E-state index contributed by atoms with van der Waals surface area (Å²) in [7, 11) is 0. The highest BCUT2D eigenvalue weighted by Crippen LogP contribution is 2.24. The van der Waals surface area contributed by atoms with Gasteiger partial charge in [0.05, 0.1) is 25.3 Å². The Morgan fingerprint density at radius 2 is 1.02 bits per heavy atom. The minimum Gasteiger partial charge on any atom is -0.508 e. The minimum atomic E-state index is -1.83. The average Bonchev–Trinajstić information content (AvgIpc) is 1.69. The van der Waals surface area contributed by atoms with Crippen molar-refractivity contribution in [2.24, 2.45) is 50.5 Å². The van der Waals surface area contributed by atoms with E-state index in [1.165, 1.54) is 53.9 Å². The van der Waals surface area contributed by atoms with Gasteiger partial charge in [-0.05, 0) is 112 Å². The lowest BCUT2D eigenvalue weighted by atomic mass is 9.99. The molecule has 0 aliphatic carbocycles. The number of aliphatic hydroxyl groups is 1. The minimum absolute atomic E-state index is 0.0307. The van der Waals surface area contributed by atoms with Crippen LogP contribution in [-0.4, -0.2) is 238 Å². The molecule has 5 aromatic rings. The highest BCUT2D eigenvalue weighted by atomic mass is 16.4. The Balaban J connectivity index is 1.06. The number of guanidine groups is 2. The van der Waals surface area contributed by atoms with E-state index in [1.54, 1.807) is 52.1 Å². The van der Waals surface area contributed by atoms with Crippen molar-refractivity contribution in [3.8, 4) is 5.75 Å². The van der Waals surface area contributed by atoms with Crippen LogP contribution in [0.15, 0.2) is 89.8 Å². The molecule has 592 valence electrons. The number of phenols is 1. The smallest absolute Gasteiger partial charge is 0.326 e. The molecule has 25 N–H and O–H groups in total. The number of likely N-dealkylation sites (tertiary alicyclic amines) is 2. The van der Waals surface area contributed by atoms with Gasteiger partial charge < -0.3 is 117 Å². The van der Waals surface area contributed by atoms with Crippen molar-refractivity contribution in [2.45, 2.75) is 191 Å². The van der Waals surface area contributed by atoms with E-state index in [2.05, 4.69) is 82.8 Å². The molecule has 11 amide bonds. The van der Waals surface area contributed by atoms with Gasteiger partial charge in [0.25, 0.3) is 0 Å². The number of amides is 11. The second-order valence-electron chi connectivity index (χ2n) is 27.9. The van der Waals surface area contributed by atoms with E-state index in [1.807, 2.05) is 18.2 Å². The van der Waals surface area contributed by atoms with Crippen LogP contribution in [0.1, 0.15) is 115 Å². The van der Waals surface area contributed by atoms with Crippen LogP contribution in [0, 0.1) is 11.8 Å². The van der Waals surface area contributed by atoms with Crippen LogP contribution in [-0.2, 0) is 83.2 Å². The molecule has 5 heterocycles. The fourth-order valence-corrected chi connectivity index (χ4v) is 12.9. The largest absolute Gasteiger partial charge is 0.508 e. The van der Waals surface area contributed by atoms with Gasteiger partial charge in [-0.1, -0.05) is 58.0 Å². The lowest BCUT2D eigenvalue weighted by Crippen LogP contribution is -2.61. The fraction of sp³-hybridized carbons (Fsp3) is 0.521. The molecule has 2 aliphatic heterocycles. The lowest BCUT2D eigenvalue weighted by Gasteiger charge is -2.30. The Hall–Kier alpha value is -11.7. The normalized spacial score (nSPS) is 16.9. The van der Waals surface area contributed by atoms with Crippen molar-refractivity contribution < 1.29 is 72.9 Å². The number of hydrogen-bond acceptors (Lipinski definition) is 19. The number of para-hydroxylation sites is 1. The van der Waals surface area contributed by atoms with Crippen LogP contribution < -0.4 is 76.5 Å². The Morgan fingerprint density at radius 3 is 1.53 bits per heavy atom.